The fourth-order valence-electron chi connectivity index (χ4n) is 4.81. The van der Waals surface area contributed by atoms with Crippen molar-refractivity contribution in [2.75, 3.05) is 38.4 Å². The first kappa shape index (κ1) is 23.6. The minimum absolute atomic E-state index is 0.213. The summed E-state index contributed by atoms with van der Waals surface area (Å²) in [5.74, 6) is 3.01. The molecule has 2 aliphatic rings. The number of nitrogens with zero attached hydrogens (tertiary/aromatic N) is 2. The molecule has 7 heteroatoms. The van der Waals surface area contributed by atoms with Crippen LogP contribution >= 0.6 is 11.8 Å². The second-order valence-corrected chi connectivity index (χ2v) is 9.67. The standard InChI is InChI=1S/C26H33N3O3S/c1-31-22-11-8-19(24(16-22)32-2)9-12-25(30)28-21-10-13-26(27-17-21)33-18-20-6-5-15-29-14-4-3-7-23(20)29/h8-13,16-17,20,23H,3-7,14-15,18H2,1-2H3,(H,28,30)/t20-,23+/m0/s1. The maximum absolute atomic E-state index is 12.4. The van der Waals surface area contributed by atoms with Crippen molar-refractivity contribution in [1.29, 1.82) is 0 Å². The van der Waals surface area contributed by atoms with Gasteiger partial charge in [0, 0.05) is 29.5 Å². The number of nitrogens with one attached hydrogen (secondary N) is 1. The van der Waals surface area contributed by atoms with Crippen molar-refractivity contribution in [3.63, 3.8) is 0 Å². The number of amides is 1. The Bertz CT molecular complexity index is 962. The summed E-state index contributed by atoms with van der Waals surface area (Å²) in [5, 5.41) is 3.89. The van der Waals surface area contributed by atoms with E-state index in [1.807, 2.05) is 36.0 Å². The van der Waals surface area contributed by atoms with Gasteiger partial charge in [0.2, 0.25) is 5.91 Å². The third-order valence-corrected chi connectivity index (χ3v) is 7.66. The highest BCUT2D eigenvalue weighted by atomic mass is 32.2. The number of piperidine rings is 2. The second-order valence-electron chi connectivity index (χ2n) is 8.63. The molecule has 2 saturated heterocycles. The van der Waals surface area contributed by atoms with E-state index in [0.717, 1.165) is 28.3 Å². The van der Waals surface area contributed by atoms with E-state index < -0.39 is 0 Å². The Morgan fingerprint density at radius 2 is 2.03 bits per heavy atom. The summed E-state index contributed by atoms with van der Waals surface area (Å²) in [7, 11) is 3.20. The first-order chi connectivity index (χ1) is 16.2. The molecule has 0 bridgehead atoms. The number of rotatable bonds is 8. The molecule has 33 heavy (non-hydrogen) atoms. The summed E-state index contributed by atoms with van der Waals surface area (Å²) in [4.78, 5) is 19.6. The molecular weight excluding hydrogens is 434 g/mol. The summed E-state index contributed by atoms with van der Waals surface area (Å²) in [6.07, 6.45) is 11.7. The van der Waals surface area contributed by atoms with Crippen LogP contribution in [0.5, 0.6) is 11.5 Å². The van der Waals surface area contributed by atoms with Gasteiger partial charge in [-0.1, -0.05) is 6.42 Å². The number of fused-ring (bicyclic) bond motifs is 1. The molecule has 0 saturated carbocycles. The van der Waals surface area contributed by atoms with Crippen molar-refractivity contribution >= 4 is 29.4 Å². The topological polar surface area (TPSA) is 63.7 Å². The maximum Gasteiger partial charge on any atom is 0.248 e. The summed E-state index contributed by atoms with van der Waals surface area (Å²) >= 11 is 1.84. The Morgan fingerprint density at radius 3 is 2.82 bits per heavy atom. The van der Waals surface area contributed by atoms with Crippen LogP contribution in [-0.2, 0) is 4.79 Å². The number of ether oxygens (including phenoxy) is 2. The van der Waals surface area contributed by atoms with Crippen molar-refractivity contribution in [2.45, 2.75) is 43.2 Å². The van der Waals surface area contributed by atoms with Crippen molar-refractivity contribution in [1.82, 2.24) is 9.88 Å². The number of pyridine rings is 1. The Hall–Kier alpha value is -2.51. The molecule has 1 amide bonds. The fourth-order valence-corrected chi connectivity index (χ4v) is 5.87. The molecule has 2 aliphatic heterocycles. The molecule has 2 atom stereocenters. The molecule has 2 aromatic rings. The summed E-state index contributed by atoms with van der Waals surface area (Å²) in [5.41, 5.74) is 1.49. The van der Waals surface area contributed by atoms with Crippen LogP contribution < -0.4 is 14.8 Å². The zero-order valence-corrected chi connectivity index (χ0v) is 20.3. The zero-order chi connectivity index (χ0) is 23.0. The third kappa shape index (κ3) is 6.30. The molecule has 0 aliphatic carbocycles. The number of carbonyl (C=O) groups is 1. The highest BCUT2D eigenvalue weighted by molar-refractivity contribution is 7.99. The third-order valence-electron chi connectivity index (χ3n) is 6.53. The van der Waals surface area contributed by atoms with E-state index in [1.165, 1.54) is 51.3 Å². The number of methoxy groups -OCH3 is 2. The molecular formula is C26H33N3O3S. The minimum atomic E-state index is -0.213. The fraction of sp³-hybridized carbons (Fsp3) is 0.462. The van der Waals surface area contributed by atoms with Gasteiger partial charge in [0.1, 0.15) is 11.5 Å². The number of benzene rings is 1. The van der Waals surface area contributed by atoms with Crippen LogP contribution in [0.2, 0.25) is 0 Å². The predicted octanol–water partition coefficient (Wildman–Crippen LogP) is 5.11. The number of carbonyl (C=O) groups excluding carboxylic acids is 1. The lowest BCUT2D eigenvalue weighted by molar-refractivity contribution is -0.111. The van der Waals surface area contributed by atoms with Gasteiger partial charge in [0.15, 0.2) is 0 Å². The van der Waals surface area contributed by atoms with Crippen LogP contribution in [0.1, 0.15) is 37.7 Å². The number of aromatic nitrogens is 1. The van der Waals surface area contributed by atoms with Crippen LogP contribution in [0.3, 0.4) is 0 Å². The highest BCUT2D eigenvalue weighted by Gasteiger charge is 2.32. The van der Waals surface area contributed by atoms with E-state index in [-0.39, 0.29) is 5.91 Å². The number of hydrogen-bond donors (Lipinski definition) is 1. The molecule has 0 radical (unpaired) electrons. The van der Waals surface area contributed by atoms with Crippen LogP contribution in [0.4, 0.5) is 5.69 Å². The Kier molecular flexibility index (Phi) is 8.29. The molecule has 176 valence electrons. The van der Waals surface area contributed by atoms with E-state index in [1.54, 1.807) is 32.6 Å². The van der Waals surface area contributed by atoms with Gasteiger partial charge in [-0.25, -0.2) is 4.98 Å². The summed E-state index contributed by atoms with van der Waals surface area (Å²) in [6, 6.07) is 10.2. The lowest BCUT2D eigenvalue weighted by atomic mass is 9.85. The molecule has 1 N–H and O–H groups in total. The largest absolute Gasteiger partial charge is 0.497 e. The monoisotopic (exact) mass is 467 g/mol. The number of anilines is 1. The molecule has 0 spiro atoms. The van der Waals surface area contributed by atoms with Crippen LogP contribution in [-0.4, -0.2) is 54.9 Å². The lowest BCUT2D eigenvalue weighted by Crippen LogP contribution is -2.48. The summed E-state index contributed by atoms with van der Waals surface area (Å²) < 4.78 is 10.6. The second kappa shape index (κ2) is 11.6. The number of thioether (sulfide) groups is 1. The molecule has 4 rings (SSSR count). The molecule has 1 aromatic carbocycles. The Labute approximate surface area is 200 Å². The van der Waals surface area contributed by atoms with E-state index >= 15 is 0 Å². The number of hydrogen-bond acceptors (Lipinski definition) is 6. The predicted molar refractivity (Wildman–Crippen MR) is 134 cm³/mol. The molecule has 3 heterocycles. The maximum atomic E-state index is 12.4. The van der Waals surface area contributed by atoms with Gasteiger partial charge in [0.05, 0.1) is 31.1 Å². The molecule has 0 unspecified atom stereocenters. The molecule has 6 nitrogen and oxygen atoms in total. The van der Waals surface area contributed by atoms with Crippen LogP contribution in [0, 0.1) is 5.92 Å². The lowest BCUT2D eigenvalue weighted by Gasteiger charge is -2.44. The zero-order valence-electron chi connectivity index (χ0n) is 19.5. The molecule has 1 aromatic heterocycles. The SMILES string of the molecule is COc1ccc(C=CC(=O)Nc2ccc(SC[C@@H]3CCCN4CCCC[C@H]34)nc2)c(OC)c1. The smallest absolute Gasteiger partial charge is 0.248 e. The van der Waals surface area contributed by atoms with Gasteiger partial charge >= 0.3 is 0 Å². The quantitative estimate of drug-likeness (QED) is 0.430. The van der Waals surface area contributed by atoms with Gasteiger partial charge < -0.3 is 19.7 Å². The summed E-state index contributed by atoms with van der Waals surface area (Å²) in [6.45, 7) is 2.55. The molecule has 2 fully saturated rings. The van der Waals surface area contributed by atoms with E-state index in [4.69, 9.17) is 9.47 Å². The highest BCUT2D eigenvalue weighted by Crippen LogP contribution is 2.34. The van der Waals surface area contributed by atoms with Crippen LogP contribution in [0.25, 0.3) is 6.08 Å². The van der Waals surface area contributed by atoms with Gasteiger partial charge in [-0.2, -0.15) is 0 Å². The first-order valence-electron chi connectivity index (χ1n) is 11.7. The van der Waals surface area contributed by atoms with Gasteiger partial charge in [-0.3, -0.25) is 4.79 Å². The normalized spacial score (nSPS) is 20.9. The Balaban J connectivity index is 1.28. The first-order valence-corrected chi connectivity index (χ1v) is 12.7. The van der Waals surface area contributed by atoms with Crippen molar-refractivity contribution in [2.24, 2.45) is 5.92 Å². The average Bonchev–Trinajstić information content (AvgIpc) is 2.87. The van der Waals surface area contributed by atoms with Gasteiger partial charge in [-0.05, 0) is 75.0 Å². The minimum Gasteiger partial charge on any atom is -0.497 e. The Morgan fingerprint density at radius 1 is 1.15 bits per heavy atom. The van der Waals surface area contributed by atoms with E-state index in [9.17, 15) is 4.79 Å². The van der Waals surface area contributed by atoms with Gasteiger partial charge in [0.25, 0.3) is 0 Å². The average molecular weight is 468 g/mol. The van der Waals surface area contributed by atoms with Gasteiger partial charge in [-0.15, -0.1) is 11.8 Å². The van der Waals surface area contributed by atoms with E-state index in [2.05, 4.69) is 15.2 Å². The van der Waals surface area contributed by atoms with Crippen molar-refractivity contribution in [3.05, 3.63) is 48.2 Å². The van der Waals surface area contributed by atoms with E-state index in [0.29, 0.717) is 17.2 Å². The van der Waals surface area contributed by atoms with Crippen molar-refractivity contribution < 1.29 is 14.3 Å². The van der Waals surface area contributed by atoms with Crippen molar-refractivity contribution in [3.8, 4) is 11.5 Å². The van der Waals surface area contributed by atoms with Crippen LogP contribution in [0.15, 0.2) is 47.6 Å².